The fraction of sp³-hybridized carbons (Fsp3) is 0.364. The first kappa shape index (κ1) is 11.5. The lowest BCUT2D eigenvalue weighted by atomic mass is 10.2. The number of ether oxygens (including phenoxy) is 1. The highest BCUT2D eigenvalue weighted by Crippen LogP contribution is 2.25. The molecular formula is C11H15N5O. The Hall–Kier alpha value is -1.95. The van der Waals surface area contributed by atoms with Crippen molar-refractivity contribution in [3.8, 4) is 17.1 Å². The summed E-state index contributed by atoms with van der Waals surface area (Å²) >= 11 is 0. The minimum atomic E-state index is 0.582. The first-order valence-corrected chi connectivity index (χ1v) is 5.41. The van der Waals surface area contributed by atoms with Gasteiger partial charge in [0.1, 0.15) is 5.75 Å². The molecular weight excluding hydrogens is 218 g/mol. The van der Waals surface area contributed by atoms with E-state index in [0.29, 0.717) is 12.4 Å². The zero-order valence-corrected chi connectivity index (χ0v) is 9.92. The maximum absolute atomic E-state index is 5.26. The molecule has 0 fully saturated rings. The van der Waals surface area contributed by atoms with Crippen molar-refractivity contribution in [3.05, 3.63) is 24.3 Å². The number of hydrogen-bond acceptors (Lipinski definition) is 5. The Morgan fingerprint density at radius 3 is 2.94 bits per heavy atom. The van der Waals surface area contributed by atoms with Crippen LogP contribution in [0.4, 0.5) is 0 Å². The Bertz CT molecular complexity index is 482. The first-order valence-electron chi connectivity index (χ1n) is 5.41. The van der Waals surface area contributed by atoms with E-state index in [-0.39, 0.29) is 0 Å². The number of para-hydroxylation sites is 1. The summed E-state index contributed by atoms with van der Waals surface area (Å²) < 4.78 is 5.26. The molecule has 1 heterocycles. The van der Waals surface area contributed by atoms with Crippen LogP contribution in [0.2, 0.25) is 0 Å². The number of nitrogens with one attached hydrogen (secondary N) is 1. The molecule has 0 saturated carbocycles. The maximum Gasteiger partial charge on any atom is 0.208 e. The van der Waals surface area contributed by atoms with Crippen molar-refractivity contribution in [1.29, 1.82) is 0 Å². The monoisotopic (exact) mass is 233 g/mol. The van der Waals surface area contributed by atoms with Crippen molar-refractivity contribution in [1.82, 2.24) is 25.5 Å². The quantitative estimate of drug-likeness (QED) is 0.817. The molecule has 0 aliphatic rings. The summed E-state index contributed by atoms with van der Waals surface area (Å²) in [5, 5.41) is 15.3. The molecule has 0 atom stereocenters. The number of rotatable bonds is 5. The Balaban J connectivity index is 2.24. The highest BCUT2D eigenvalue weighted by atomic mass is 16.5. The lowest BCUT2D eigenvalue weighted by molar-refractivity contribution is 0.416. The van der Waals surface area contributed by atoms with Crippen molar-refractivity contribution in [2.24, 2.45) is 0 Å². The summed E-state index contributed by atoms with van der Waals surface area (Å²) in [4.78, 5) is 1.57. The van der Waals surface area contributed by atoms with Crippen LogP contribution < -0.4 is 10.1 Å². The fourth-order valence-electron chi connectivity index (χ4n) is 1.49. The average Bonchev–Trinajstić information content (AvgIpc) is 2.85. The molecule has 6 nitrogen and oxygen atoms in total. The number of likely N-dealkylation sites (N-methyl/N-ethyl adjacent to an activating group) is 1. The van der Waals surface area contributed by atoms with Crippen molar-refractivity contribution in [2.75, 3.05) is 20.7 Å². The van der Waals surface area contributed by atoms with E-state index in [0.717, 1.165) is 17.9 Å². The van der Waals surface area contributed by atoms with Gasteiger partial charge in [-0.2, -0.15) is 4.80 Å². The molecule has 2 aromatic rings. The predicted molar refractivity (Wildman–Crippen MR) is 63.7 cm³/mol. The number of methoxy groups -OCH3 is 1. The van der Waals surface area contributed by atoms with Crippen molar-refractivity contribution in [3.63, 3.8) is 0 Å². The van der Waals surface area contributed by atoms with E-state index in [1.54, 1.807) is 11.9 Å². The molecule has 0 radical (unpaired) electrons. The molecule has 1 aromatic heterocycles. The molecule has 0 aliphatic carbocycles. The summed E-state index contributed by atoms with van der Waals surface area (Å²) in [5.41, 5.74) is 0.853. The van der Waals surface area contributed by atoms with Gasteiger partial charge < -0.3 is 10.1 Å². The molecule has 0 amide bonds. The number of aromatic nitrogens is 4. The lowest BCUT2D eigenvalue weighted by Gasteiger charge is -2.03. The van der Waals surface area contributed by atoms with Crippen molar-refractivity contribution in [2.45, 2.75) is 6.54 Å². The minimum absolute atomic E-state index is 0.582. The third kappa shape index (κ3) is 2.59. The van der Waals surface area contributed by atoms with Gasteiger partial charge in [0, 0.05) is 6.54 Å². The maximum atomic E-state index is 5.26. The molecule has 2 rings (SSSR count). The van der Waals surface area contributed by atoms with Crippen LogP contribution in [0, 0.1) is 0 Å². The lowest BCUT2D eigenvalue weighted by Crippen LogP contribution is -2.16. The van der Waals surface area contributed by atoms with E-state index in [1.165, 1.54) is 0 Å². The van der Waals surface area contributed by atoms with E-state index in [1.807, 2.05) is 31.3 Å². The molecule has 90 valence electrons. The highest BCUT2D eigenvalue weighted by Gasteiger charge is 2.10. The second-order valence-corrected chi connectivity index (χ2v) is 3.51. The molecule has 1 N–H and O–H groups in total. The summed E-state index contributed by atoms with van der Waals surface area (Å²) in [6.45, 7) is 1.50. The van der Waals surface area contributed by atoms with E-state index < -0.39 is 0 Å². The summed E-state index contributed by atoms with van der Waals surface area (Å²) in [6, 6.07) is 7.63. The van der Waals surface area contributed by atoms with Gasteiger partial charge in [-0.15, -0.1) is 10.2 Å². The molecule has 0 spiro atoms. The van der Waals surface area contributed by atoms with E-state index in [4.69, 9.17) is 4.74 Å². The Labute approximate surface area is 99.6 Å². The second kappa shape index (κ2) is 5.40. The van der Waals surface area contributed by atoms with Gasteiger partial charge in [0.2, 0.25) is 5.82 Å². The third-order valence-electron chi connectivity index (χ3n) is 2.36. The number of nitrogens with zero attached hydrogens (tertiary/aromatic N) is 4. The Morgan fingerprint density at radius 2 is 2.18 bits per heavy atom. The number of tetrazole rings is 1. The highest BCUT2D eigenvalue weighted by molar-refractivity contribution is 5.63. The zero-order valence-electron chi connectivity index (χ0n) is 9.92. The van der Waals surface area contributed by atoms with Gasteiger partial charge in [-0.05, 0) is 24.4 Å². The molecule has 6 heteroatoms. The SMILES string of the molecule is CNCCn1nnc(-c2ccccc2OC)n1. The molecule has 0 bridgehead atoms. The summed E-state index contributed by atoms with van der Waals surface area (Å²) in [6.07, 6.45) is 0. The van der Waals surface area contributed by atoms with Crippen LogP contribution in [0.25, 0.3) is 11.4 Å². The van der Waals surface area contributed by atoms with Crippen molar-refractivity contribution < 1.29 is 4.74 Å². The van der Waals surface area contributed by atoms with Gasteiger partial charge in [-0.1, -0.05) is 12.1 Å². The summed E-state index contributed by atoms with van der Waals surface area (Å²) in [7, 11) is 3.52. The number of benzene rings is 1. The largest absolute Gasteiger partial charge is 0.496 e. The second-order valence-electron chi connectivity index (χ2n) is 3.51. The third-order valence-corrected chi connectivity index (χ3v) is 2.36. The van der Waals surface area contributed by atoms with E-state index >= 15 is 0 Å². The normalized spacial score (nSPS) is 10.5. The van der Waals surface area contributed by atoms with Crippen LogP contribution in [0.15, 0.2) is 24.3 Å². The van der Waals surface area contributed by atoms with Gasteiger partial charge in [-0.25, -0.2) is 0 Å². The zero-order chi connectivity index (χ0) is 12.1. The van der Waals surface area contributed by atoms with Crippen molar-refractivity contribution >= 4 is 0 Å². The van der Waals surface area contributed by atoms with Gasteiger partial charge in [-0.3, -0.25) is 0 Å². The molecule has 0 unspecified atom stereocenters. The van der Waals surface area contributed by atoms with Gasteiger partial charge >= 0.3 is 0 Å². The Kier molecular flexibility index (Phi) is 3.66. The van der Waals surface area contributed by atoms with Gasteiger partial charge in [0.05, 0.1) is 19.2 Å². The molecule has 17 heavy (non-hydrogen) atoms. The molecule has 0 saturated heterocycles. The first-order chi connectivity index (χ1) is 8.35. The molecule has 1 aromatic carbocycles. The van der Waals surface area contributed by atoms with Crippen LogP contribution in [0.3, 0.4) is 0 Å². The Morgan fingerprint density at radius 1 is 1.35 bits per heavy atom. The van der Waals surface area contributed by atoms with Crippen LogP contribution in [0.1, 0.15) is 0 Å². The van der Waals surface area contributed by atoms with E-state index in [2.05, 4.69) is 20.7 Å². The standard InChI is InChI=1S/C11H15N5O/c1-12-7-8-16-14-11(13-15-16)9-5-3-4-6-10(9)17-2/h3-6,12H,7-8H2,1-2H3. The van der Waals surface area contributed by atoms with Gasteiger partial charge in [0.15, 0.2) is 0 Å². The molecule has 0 aliphatic heterocycles. The van der Waals surface area contributed by atoms with E-state index in [9.17, 15) is 0 Å². The minimum Gasteiger partial charge on any atom is -0.496 e. The van der Waals surface area contributed by atoms with Crippen LogP contribution in [-0.2, 0) is 6.54 Å². The van der Waals surface area contributed by atoms with Crippen LogP contribution in [-0.4, -0.2) is 40.9 Å². The number of hydrogen-bond donors (Lipinski definition) is 1. The predicted octanol–water partition coefficient (Wildman–Crippen LogP) is 0.568. The topological polar surface area (TPSA) is 64.9 Å². The van der Waals surface area contributed by atoms with Crippen LogP contribution in [0.5, 0.6) is 5.75 Å². The average molecular weight is 233 g/mol. The van der Waals surface area contributed by atoms with Crippen LogP contribution >= 0.6 is 0 Å². The summed E-state index contributed by atoms with van der Waals surface area (Å²) in [5.74, 6) is 1.33. The van der Waals surface area contributed by atoms with Gasteiger partial charge in [0.25, 0.3) is 0 Å². The smallest absolute Gasteiger partial charge is 0.208 e. The fourth-order valence-corrected chi connectivity index (χ4v) is 1.49.